The van der Waals surface area contributed by atoms with Gasteiger partial charge in [0.25, 0.3) is 5.91 Å². The van der Waals surface area contributed by atoms with Crippen LogP contribution in [0.5, 0.6) is 0 Å². The zero-order valence-electron chi connectivity index (χ0n) is 17.8. The number of fused-ring (bicyclic) bond motifs is 1. The van der Waals surface area contributed by atoms with Crippen molar-refractivity contribution in [1.82, 2.24) is 14.9 Å². The number of nitrogens with one attached hydrogen (secondary N) is 2. The number of carbonyl (C=O) groups excluding carboxylic acids is 2. The molecule has 3 aromatic carbocycles. The number of para-hydroxylation sites is 2. The Bertz CT molecular complexity index is 1260. The minimum Gasteiger partial charge on any atom is -0.342 e. The van der Waals surface area contributed by atoms with Crippen molar-refractivity contribution in [2.24, 2.45) is 0 Å². The highest BCUT2D eigenvalue weighted by atomic mass is 79.9. The summed E-state index contributed by atoms with van der Waals surface area (Å²) < 4.78 is 2.79. The number of hydrogen-bond acceptors (Lipinski definition) is 3. The summed E-state index contributed by atoms with van der Waals surface area (Å²) in [5, 5.41) is 5.92. The molecule has 7 heteroatoms. The van der Waals surface area contributed by atoms with E-state index in [2.05, 4.69) is 26.6 Å². The summed E-state index contributed by atoms with van der Waals surface area (Å²) in [7, 11) is 0. The van der Waals surface area contributed by atoms with Crippen molar-refractivity contribution in [3.05, 3.63) is 94.2 Å². The molecular weight excluding hydrogens is 468 g/mol. The van der Waals surface area contributed by atoms with Crippen LogP contribution in [0.15, 0.2) is 77.3 Å². The second kappa shape index (κ2) is 9.36. The van der Waals surface area contributed by atoms with E-state index in [-0.39, 0.29) is 18.4 Å². The maximum Gasteiger partial charge on any atom is 0.251 e. The van der Waals surface area contributed by atoms with Gasteiger partial charge in [-0.1, -0.05) is 45.8 Å². The van der Waals surface area contributed by atoms with Crippen LogP contribution in [0.2, 0.25) is 0 Å². The van der Waals surface area contributed by atoms with Gasteiger partial charge in [-0.3, -0.25) is 9.59 Å². The van der Waals surface area contributed by atoms with Crippen molar-refractivity contribution in [3.8, 4) is 0 Å². The number of hydrogen-bond donors (Lipinski definition) is 2. The van der Waals surface area contributed by atoms with Gasteiger partial charge in [0.1, 0.15) is 12.4 Å². The monoisotopic (exact) mass is 490 g/mol. The molecule has 6 nitrogen and oxygen atoms in total. The Morgan fingerprint density at radius 2 is 1.69 bits per heavy atom. The summed E-state index contributed by atoms with van der Waals surface area (Å²) in [6.07, 6.45) is 0. The summed E-state index contributed by atoms with van der Waals surface area (Å²) >= 11 is 3.39. The van der Waals surface area contributed by atoms with Crippen molar-refractivity contribution >= 4 is 44.5 Å². The van der Waals surface area contributed by atoms with Crippen LogP contribution < -0.4 is 10.6 Å². The van der Waals surface area contributed by atoms with E-state index in [1.54, 1.807) is 12.1 Å². The Kier molecular flexibility index (Phi) is 6.37. The topological polar surface area (TPSA) is 76.0 Å². The minimum atomic E-state index is -0.392. The van der Waals surface area contributed by atoms with Gasteiger partial charge in [-0.15, -0.1) is 0 Å². The molecule has 4 rings (SSSR count). The van der Waals surface area contributed by atoms with E-state index in [0.29, 0.717) is 17.1 Å². The Morgan fingerprint density at radius 3 is 2.41 bits per heavy atom. The lowest BCUT2D eigenvalue weighted by Gasteiger charge is -2.16. The van der Waals surface area contributed by atoms with Crippen molar-refractivity contribution in [3.63, 3.8) is 0 Å². The third-order valence-electron chi connectivity index (χ3n) is 5.16. The molecule has 1 unspecified atom stereocenters. The van der Waals surface area contributed by atoms with Gasteiger partial charge in [0, 0.05) is 15.7 Å². The zero-order chi connectivity index (χ0) is 22.7. The van der Waals surface area contributed by atoms with Crippen LogP contribution in [-0.2, 0) is 11.3 Å². The van der Waals surface area contributed by atoms with E-state index < -0.39 is 6.04 Å². The smallest absolute Gasteiger partial charge is 0.251 e. The van der Waals surface area contributed by atoms with E-state index in [9.17, 15) is 9.59 Å². The van der Waals surface area contributed by atoms with E-state index in [1.807, 2.05) is 79.1 Å². The summed E-state index contributed by atoms with van der Waals surface area (Å²) in [4.78, 5) is 30.2. The fraction of sp³-hybridized carbons (Fsp3) is 0.160. The van der Waals surface area contributed by atoms with E-state index >= 15 is 0 Å². The quantitative estimate of drug-likeness (QED) is 0.388. The first-order valence-electron chi connectivity index (χ1n) is 10.3. The SMILES string of the molecule is Cc1ccc(C(=O)NC(C)c2nc3ccccc3n2CC(=O)Nc2ccc(Br)cc2)cc1. The average Bonchev–Trinajstić information content (AvgIpc) is 3.14. The molecule has 1 aromatic heterocycles. The minimum absolute atomic E-state index is 0.0800. The number of imidazole rings is 1. The largest absolute Gasteiger partial charge is 0.342 e. The molecule has 0 saturated carbocycles. The van der Waals surface area contributed by atoms with Crippen LogP contribution in [0.3, 0.4) is 0 Å². The summed E-state index contributed by atoms with van der Waals surface area (Å²) in [5.41, 5.74) is 4.00. The van der Waals surface area contributed by atoms with Gasteiger partial charge in [0.05, 0.1) is 17.1 Å². The number of carbonyl (C=O) groups is 2. The van der Waals surface area contributed by atoms with E-state index in [1.165, 1.54) is 0 Å². The van der Waals surface area contributed by atoms with Crippen molar-refractivity contribution in [2.75, 3.05) is 5.32 Å². The van der Waals surface area contributed by atoms with Crippen LogP contribution in [-0.4, -0.2) is 21.4 Å². The molecule has 0 radical (unpaired) electrons. The molecule has 0 fully saturated rings. The molecule has 0 saturated heterocycles. The summed E-state index contributed by atoms with van der Waals surface area (Å²) in [5.74, 6) is 0.266. The van der Waals surface area contributed by atoms with Gasteiger partial charge >= 0.3 is 0 Å². The van der Waals surface area contributed by atoms with Crippen LogP contribution in [0.25, 0.3) is 11.0 Å². The number of aromatic nitrogens is 2. The fourth-order valence-electron chi connectivity index (χ4n) is 3.52. The van der Waals surface area contributed by atoms with Crippen LogP contribution >= 0.6 is 15.9 Å². The molecule has 0 bridgehead atoms. The zero-order valence-corrected chi connectivity index (χ0v) is 19.4. The van der Waals surface area contributed by atoms with Crippen LogP contribution in [0, 0.1) is 6.92 Å². The van der Waals surface area contributed by atoms with Gasteiger partial charge in [-0.25, -0.2) is 4.98 Å². The van der Waals surface area contributed by atoms with E-state index in [4.69, 9.17) is 4.98 Å². The van der Waals surface area contributed by atoms with Crippen LogP contribution in [0.1, 0.15) is 34.7 Å². The van der Waals surface area contributed by atoms with E-state index in [0.717, 1.165) is 21.1 Å². The predicted octanol–water partition coefficient (Wildman–Crippen LogP) is 5.24. The van der Waals surface area contributed by atoms with Gasteiger partial charge < -0.3 is 15.2 Å². The highest BCUT2D eigenvalue weighted by Crippen LogP contribution is 2.22. The molecule has 0 aliphatic carbocycles. The molecule has 1 atom stereocenters. The third kappa shape index (κ3) is 4.89. The average molecular weight is 491 g/mol. The number of nitrogens with zero attached hydrogens (tertiary/aromatic N) is 2. The Labute approximate surface area is 194 Å². The molecule has 2 amide bonds. The standard InChI is InChI=1S/C25H23BrN4O2/c1-16-7-9-18(10-8-16)25(32)27-17(2)24-29-21-5-3-4-6-22(21)30(24)15-23(31)28-20-13-11-19(26)12-14-20/h3-14,17H,15H2,1-2H3,(H,27,32)(H,28,31). The second-order valence-electron chi connectivity index (χ2n) is 7.66. The molecule has 32 heavy (non-hydrogen) atoms. The van der Waals surface area contributed by atoms with Crippen molar-refractivity contribution in [1.29, 1.82) is 0 Å². The van der Waals surface area contributed by atoms with Gasteiger partial charge in [-0.05, 0) is 62.4 Å². The molecule has 0 spiro atoms. The second-order valence-corrected chi connectivity index (χ2v) is 8.58. The maximum absolute atomic E-state index is 12.8. The maximum atomic E-state index is 12.8. The summed E-state index contributed by atoms with van der Waals surface area (Å²) in [6, 6.07) is 22.1. The molecule has 0 aliphatic rings. The van der Waals surface area contributed by atoms with Gasteiger partial charge in [-0.2, -0.15) is 0 Å². The lowest BCUT2D eigenvalue weighted by molar-refractivity contribution is -0.116. The van der Waals surface area contributed by atoms with Crippen molar-refractivity contribution < 1.29 is 9.59 Å². The lowest BCUT2D eigenvalue weighted by Crippen LogP contribution is -2.30. The summed E-state index contributed by atoms with van der Waals surface area (Å²) in [6.45, 7) is 3.93. The Hall–Kier alpha value is -3.45. The van der Waals surface area contributed by atoms with Crippen molar-refractivity contribution in [2.45, 2.75) is 26.4 Å². The first-order chi connectivity index (χ1) is 15.4. The first kappa shape index (κ1) is 21.8. The Morgan fingerprint density at radius 1 is 1.00 bits per heavy atom. The molecule has 2 N–H and O–H groups in total. The number of aryl methyl sites for hydroxylation is 1. The fourth-order valence-corrected chi connectivity index (χ4v) is 3.78. The first-order valence-corrected chi connectivity index (χ1v) is 11.1. The molecular formula is C25H23BrN4O2. The number of benzene rings is 3. The number of rotatable bonds is 6. The third-order valence-corrected chi connectivity index (χ3v) is 5.69. The molecule has 4 aromatic rings. The number of halogens is 1. The molecule has 1 heterocycles. The lowest BCUT2D eigenvalue weighted by atomic mass is 10.1. The number of anilines is 1. The molecule has 162 valence electrons. The van der Waals surface area contributed by atoms with Crippen LogP contribution in [0.4, 0.5) is 5.69 Å². The normalized spacial score (nSPS) is 11.8. The van der Waals surface area contributed by atoms with Gasteiger partial charge in [0.2, 0.25) is 5.91 Å². The Balaban J connectivity index is 1.57. The predicted molar refractivity (Wildman–Crippen MR) is 130 cm³/mol. The highest BCUT2D eigenvalue weighted by molar-refractivity contribution is 9.10. The van der Waals surface area contributed by atoms with Gasteiger partial charge in [0.15, 0.2) is 0 Å². The number of amides is 2. The molecule has 0 aliphatic heterocycles. The highest BCUT2D eigenvalue weighted by Gasteiger charge is 2.20.